The summed E-state index contributed by atoms with van der Waals surface area (Å²) < 4.78 is 10.5. The van der Waals surface area contributed by atoms with Gasteiger partial charge in [-0.2, -0.15) is 0 Å². The Balaban J connectivity index is 1.83. The molecule has 1 aromatic carbocycles. The minimum Gasteiger partial charge on any atom is -0.496 e. The van der Waals surface area contributed by atoms with Gasteiger partial charge in [-0.3, -0.25) is 10.1 Å². The van der Waals surface area contributed by atoms with Gasteiger partial charge in [-0.1, -0.05) is 0 Å². The number of benzene rings is 1. The molecule has 0 saturated heterocycles. The molecule has 19 heavy (non-hydrogen) atoms. The van der Waals surface area contributed by atoms with Crippen LogP contribution in [0.1, 0.15) is 12.8 Å². The highest BCUT2D eigenvalue weighted by Gasteiger charge is 2.20. The summed E-state index contributed by atoms with van der Waals surface area (Å²) in [6.45, 7) is 2.04. The maximum absolute atomic E-state index is 10.8. The zero-order chi connectivity index (χ0) is 13.7. The van der Waals surface area contributed by atoms with Crippen molar-refractivity contribution in [3.05, 3.63) is 28.3 Å². The number of hydrogen-bond acceptors (Lipinski definition) is 5. The van der Waals surface area contributed by atoms with Crippen molar-refractivity contribution >= 4 is 11.4 Å². The van der Waals surface area contributed by atoms with Gasteiger partial charge in [-0.25, -0.2) is 0 Å². The standard InChI is InChI=1S/C13H18N2O4/c1-18-13-7-11(6-12(8-13)15(16)17)14-4-5-19-9-10-2-3-10/h6-8,10,14H,2-5,9H2,1H3. The van der Waals surface area contributed by atoms with Crippen LogP contribution in [0.4, 0.5) is 11.4 Å². The Labute approximate surface area is 111 Å². The first-order valence-corrected chi connectivity index (χ1v) is 6.34. The number of methoxy groups -OCH3 is 1. The highest BCUT2D eigenvalue weighted by molar-refractivity contribution is 5.56. The van der Waals surface area contributed by atoms with E-state index in [9.17, 15) is 10.1 Å². The van der Waals surface area contributed by atoms with E-state index in [0.717, 1.165) is 12.5 Å². The second-order valence-corrected chi connectivity index (χ2v) is 4.62. The SMILES string of the molecule is COc1cc(NCCOCC2CC2)cc([N+](=O)[O-])c1. The molecule has 1 aromatic rings. The number of rotatable bonds is 8. The largest absolute Gasteiger partial charge is 0.496 e. The van der Waals surface area contributed by atoms with Gasteiger partial charge in [0.15, 0.2) is 0 Å². The van der Waals surface area contributed by atoms with Crippen molar-refractivity contribution in [1.82, 2.24) is 0 Å². The number of hydrogen-bond donors (Lipinski definition) is 1. The molecule has 0 radical (unpaired) electrons. The maximum atomic E-state index is 10.8. The third kappa shape index (κ3) is 4.40. The van der Waals surface area contributed by atoms with Gasteiger partial charge in [0.2, 0.25) is 0 Å². The van der Waals surface area contributed by atoms with Crippen LogP contribution in [0.25, 0.3) is 0 Å². The number of anilines is 1. The lowest BCUT2D eigenvalue weighted by Gasteiger charge is -2.08. The topological polar surface area (TPSA) is 73.6 Å². The number of nitro benzene ring substituents is 1. The number of nitrogens with one attached hydrogen (secondary N) is 1. The number of nitro groups is 1. The molecule has 1 saturated carbocycles. The van der Waals surface area contributed by atoms with E-state index < -0.39 is 4.92 Å². The van der Waals surface area contributed by atoms with Crippen molar-refractivity contribution in [3.8, 4) is 5.75 Å². The summed E-state index contributed by atoms with van der Waals surface area (Å²) in [5.41, 5.74) is 0.682. The van der Waals surface area contributed by atoms with Crippen molar-refractivity contribution in [3.63, 3.8) is 0 Å². The monoisotopic (exact) mass is 266 g/mol. The fraction of sp³-hybridized carbons (Fsp3) is 0.538. The molecular weight excluding hydrogens is 248 g/mol. The second kappa shape index (κ2) is 6.38. The Morgan fingerprint density at radius 3 is 2.84 bits per heavy atom. The third-order valence-corrected chi connectivity index (χ3v) is 2.96. The van der Waals surface area contributed by atoms with Crippen LogP contribution in [0.5, 0.6) is 5.75 Å². The molecule has 6 heteroatoms. The quantitative estimate of drug-likeness (QED) is 0.444. The summed E-state index contributed by atoms with van der Waals surface area (Å²) in [5, 5.41) is 13.9. The van der Waals surface area contributed by atoms with Crippen molar-refractivity contribution in [2.24, 2.45) is 5.92 Å². The summed E-state index contributed by atoms with van der Waals surface area (Å²) >= 11 is 0. The third-order valence-electron chi connectivity index (χ3n) is 2.96. The normalized spacial score (nSPS) is 14.2. The minimum atomic E-state index is -0.433. The van der Waals surface area contributed by atoms with E-state index in [0.29, 0.717) is 24.6 Å². The van der Waals surface area contributed by atoms with Crippen LogP contribution in [-0.4, -0.2) is 31.8 Å². The van der Waals surface area contributed by atoms with Gasteiger partial charge in [0.1, 0.15) is 5.75 Å². The Morgan fingerprint density at radius 1 is 1.42 bits per heavy atom. The predicted molar refractivity (Wildman–Crippen MR) is 71.7 cm³/mol. The van der Waals surface area contributed by atoms with Crippen molar-refractivity contribution < 1.29 is 14.4 Å². The summed E-state index contributed by atoms with van der Waals surface area (Å²) in [6, 6.07) is 4.62. The smallest absolute Gasteiger partial charge is 0.275 e. The number of nitrogens with zero attached hydrogens (tertiary/aromatic N) is 1. The molecule has 0 bridgehead atoms. The summed E-state index contributed by atoms with van der Waals surface area (Å²) in [6.07, 6.45) is 2.55. The van der Waals surface area contributed by atoms with Crippen LogP contribution in [0.15, 0.2) is 18.2 Å². The first kappa shape index (κ1) is 13.6. The average Bonchev–Trinajstić information content (AvgIpc) is 3.22. The fourth-order valence-electron chi connectivity index (χ4n) is 1.71. The van der Waals surface area contributed by atoms with E-state index in [4.69, 9.17) is 9.47 Å². The van der Waals surface area contributed by atoms with E-state index in [-0.39, 0.29) is 5.69 Å². The lowest BCUT2D eigenvalue weighted by molar-refractivity contribution is -0.384. The molecule has 1 N–H and O–H groups in total. The van der Waals surface area contributed by atoms with E-state index in [1.165, 1.54) is 32.1 Å². The van der Waals surface area contributed by atoms with Crippen LogP contribution in [0.3, 0.4) is 0 Å². The second-order valence-electron chi connectivity index (χ2n) is 4.62. The number of ether oxygens (including phenoxy) is 2. The molecule has 1 aliphatic carbocycles. The van der Waals surface area contributed by atoms with Crippen LogP contribution < -0.4 is 10.1 Å². The van der Waals surface area contributed by atoms with Crippen LogP contribution in [0.2, 0.25) is 0 Å². The van der Waals surface area contributed by atoms with Gasteiger partial charge < -0.3 is 14.8 Å². The van der Waals surface area contributed by atoms with Crippen LogP contribution in [-0.2, 0) is 4.74 Å². The molecular formula is C13H18N2O4. The molecule has 1 aliphatic rings. The van der Waals surface area contributed by atoms with E-state index in [2.05, 4.69) is 5.32 Å². The highest BCUT2D eigenvalue weighted by Crippen LogP contribution is 2.28. The van der Waals surface area contributed by atoms with Crippen molar-refractivity contribution in [2.45, 2.75) is 12.8 Å². The van der Waals surface area contributed by atoms with E-state index in [1.807, 2.05) is 0 Å². The van der Waals surface area contributed by atoms with Crippen molar-refractivity contribution in [2.75, 3.05) is 32.2 Å². The fourth-order valence-corrected chi connectivity index (χ4v) is 1.71. The van der Waals surface area contributed by atoms with E-state index >= 15 is 0 Å². The Bertz CT molecular complexity index is 446. The Hall–Kier alpha value is -1.82. The molecule has 6 nitrogen and oxygen atoms in total. The summed E-state index contributed by atoms with van der Waals surface area (Å²) in [5.74, 6) is 1.22. The molecule has 2 rings (SSSR count). The molecule has 0 heterocycles. The Morgan fingerprint density at radius 2 is 2.21 bits per heavy atom. The maximum Gasteiger partial charge on any atom is 0.275 e. The molecule has 0 aromatic heterocycles. The summed E-state index contributed by atoms with van der Waals surface area (Å²) in [7, 11) is 1.49. The Kier molecular flexibility index (Phi) is 4.57. The van der Waals surface area contributed by atoms with Gasteiger partial charge in [0.05, 0.1) is 24.7 Å². The number of non-ortho nitro benzene ring substituents is 1. The highest BCUT2D eigenvalue weighted by atomic mass is 16.6. The van der Waals surface area contributed by atoms with Gasteiger partial charge >= 0.3 is 0 Å². The van der Waals surface area contributed by atoms with Gasteiger partial charge in [-0.15, -0.1) is 0 Å². The molecule has 1 fully saturated rings. The zero-order valence-corrected chi connectivity index (χ0v) is 10.9. The molecule has 0 amide bonds. The van der Waals surface area contributed by atoms with Crippen LogP contribution >= 0.6 is 0 Å². The molecule has 104 valence electrons. The average molecular weight is 266 g/mol. The van der Waals surface area contributed by atoms with Crippen LogP contribution in [0, 0.1) is 16.0 Å². The molecule has 0 atom stereocenters. The predicted octanol–water partition coefficient (Wildman–Crippen LogP) is 2.44. The van der Waals surface area contributed by atoms with Gasteiger partial charge in [0.25, 0.3) is 5.69 Å². The van der Waals surface area contributed by atoms with E-state index in [1.54, 1.807) is 6.07 Å². The molecule has 0 unspecified atom stereocenters. The summed E-state index contributed by atoms with van der Waals surface area (Å²) in [4.78, 5) is 10.3. The first-order valence-electron chi connectivity index (χ1n) is 6.34. The van der Waals surface area contributed by atoms with Crippen molar-refractivity contribution in [1.29, 1.82) is 0 Å². The van der Waals surface area contributed by atoms with Gasteiger partial charge in [0, 0.05) is 31.0 Å². The lowest BCUT2D eigenvalue weighted by atomic mass is 10.2. The lowest BCUT2D eigenvalue weighted by Crippen LogP contribution is -2.10. The zero-order valence-electron chi connectivity index (χ0n) is 10.9. The molecule has 0 aliphatic heterocycles. The first-order chi connectivity index (χ1) is 9.19. The minimum absolute atomic E-state index is 0.0146. The molecule has 0 spiro atoms. The van der Waals surface area contributed by atoms with Gasteiger partial charge in [-0.05, 0) is 18.8 Å².